The fraction of sp³-hybridized carbons (Fsp3) is 0.553. The van der Waals surface area contributed by atoms with Crippen molar-refractivity contribution in [2.75, 3.05) is 5.32 Å². The highest BCUT2D eigenvalue weighted by Crippen LogP contribution is 2.47. The largest absolute Gasteiger partial charge is 0.446 e. The Balaban J connectivity index is 1.31. The summed E-state index contributed by atoms with van der Waals surface area (Å²) in [5.74, 6) is 0.902. The highest BCUT2D eigenvalue weighted by Gasteiger charge is 2.55. The van der Waals surface area contributed by atoms with E-state index < -0.39 is 8.32 Å². The van der Waals surface area contributed by atoms with Crippen LogP contribution in [0.5, 0.6) is 0 Å². The van der Waals surface area contributed by atoms with Crippen molar-refractivity contribution in [3.05, 3.63) is 72.4 Å². The second-order valence-electron chi connectivity index (χ2n) is 15.9. The molecule has 1 aromatic heterocycles. The number of nitrogens with zero attached hydrogens (tertiary/aromatic N) is 2. The number of hydrogen-bond donors (Lipinski definition) is 2. The summed E-state index contributed by atoms with van der Waals surface area (Å²) in [6, 6.07) is 23.4. The molecule has 0 spiro atoms. The molecule has 1 heterocycles. The molecule has 2 aliphatic rings. The van der Waals surface area contributed by atoms with E-state index in [1.54, 1.807) is 0 Å². The quantitative estimate of drug-likeness (QED) is 0.230. The van der Waals surface area contributed by atoms with Crippen LogP contribution in [0.15, 0.2) is 66.7 Å². The van der Waals surface area contributed by atoms with E-state index in [2.05, 4.69) is 120 Å². The van der Waals surface area contributed by atoms with Gasteiger partial charge in [0.25, 0.3) is 8.32 Å². The van der Waals surface area contributed by atoms with Crippen LogP contribution in [0, 0.1) is 11.8 Å². The Hall–Kier alpha value is -3.43. The maximum Gasteiger partial charge on any atom is 0.407 e. The molecule has 2 fully saturated rings. The van der Waals surface area contributed by atoms with Gasteiger partial charge in [0.05, 0.1) is 11.2 Å². The summed E-state index contributed by atoms with van der Waals surface area (Å²) in [6.07, 6.45) is 2.60. The number of carbonyl (C=O) groups is 2. The number of ether oxygens (including phenoxy) is 1. The molecule has 0 bridgehead atoms. The summed E-state index contributed by atoms with van der Waals surface area (Å²) in [5, 5.41) is 13.4. The maximum atomic E-state index is 13.8. The standard InChI is InChI=1S/C38H54N4O4Si/c1-25(2)39-36(44)45-28-21-20-27(22-28)33-24-34(42(41-33)37(4,5)6)40-35(43)32-23-31(32)26(3)46-47(38(7,8)9,29-16-12-10-13-17-29)30-18-14-11-15-19-30/h10-19,24-28,31-32H,20-23H2,1-9H3,(H,39,44)(H,40,43)/t26?,27-,28+,31+,32-/m0/s1. The molecule has 0 aliphatic heterocycles. The lowest BCUT2D eigenvalue weighted by molar-refractivity contribution is -0.118. The van der Waals surface area contributed by atoms with E-state index in [-0.39, 0.29) is 58.6 Å². The molecule has 2 saturated carbocycles. The van der Waals surface area contributed by atoms with Crippen molar-refractivity contribution in [3.8, 4) is 0 Å². The molecule has 0 saturated heterocycles. The minimum absolute atomic E-state index is 0.0165. The third kappa shape index (κ3) is 7.67. The number of alkyl carbamates (subject to hydrolysis) is 1. The Bertz CT molecular complexity index is 1490. The van der Waals surface area contributed by atoms with Crippen molar-refractivity contribution in [2.45, 2.75) is 123 Å². The molecule has 2 aliphatic carbocycles. The van der Waals surface area contributed by atoms with Crippen molar-refractivity contribution in [2.24, 2.45) is 11.8 Å². The van der Waals surface area contributed by atoms with Gasteiger partial charge in [-0.15, -0.1) is 0 Å². The van der Waals surface area contributed by atoms with Crippen molar-refractivity contribution in [1.29, 1.82) is 0 Å². The Morgan fingerprint density at radius 2 is 1.49 bits per heavy atom. The van der Waals surface area contributed by atoms with Crippen molar-refractivity contribution in [1.82, 2.24) is 15.1 Å². The molecule has 5 rings (SSSR count). The third-order valence-electron chi connectivity index (χ3n) is 9.66. The first-order chi connectivity index (χ1) is 22.1. The fourth-order valence-electron chi connectivity index (χ4n) is 7.25. The van der Waals surface area contributed by atoms with Gasteiger partial charge in [-0.25, -0.2) is 9.48 Å². The highest BCUT2D eigenvalue weighted by atomic mass is 28.4. The van der Waals surface area contributed by atoms with Gasteiger partial charge in [-0.1, -0.05) is 81.4 Å². The normalized spacial score (nSPS) is 22.2. The molecule has 2 amide bonds. The Morgan fingerprint density at radius 1 is 0.894 bits per heavy atom. The van der Waals surface area contributed by atoms with Crippen LogP contribution in [0.1, 0.15) is 99.6 Å². The number of carbonyl (C=O) groups excluding carboxylic acids is 2. The molecule has 8 nitrogen and oxygen atoms in total. The Morgan fingerprint density at radius 3 is 2.02 bits per heavy atom. The Labute approximate surface area is 282 Å². The summed E-state index contributed by atoms with van der Waals surface area (Å²) in [5.41, 5.74) is 0.608. The van der Waals surface area contributed by atoms with Gasteiger partial charge in [0.2, 0.25) is 5.91 Å². The third-order valence-corrected chi connectivity index (χ3v) is 14.8. The molecular formula is C38H54N4O4Si. The van der Waals surface area contributed by atoms with E-state index in [1.807, 2.05) is 24.6 Å². The predicted molar refractivity (Wildman–Crippen MR) is 191 cm³/mol. The van der Waals surface area contributed by atoms with Crippen LogP contribution in [0.2, 0.25) is 5.04 Å². The number of nitrogens with one attached hydrogen (secondary N) is 2. The van der Waals surface area contributed by atoms with Crippen molar-refractivity contribution >= 4 is 36.5 Å². The number of benzene rings is 2. The topological polar surface area (TPSA) is 94.5 Å². The summed E-state index contributed by atoms with van der Waals surface area (Å²) in [4.78, 5) is 26.0. The zero-order valence-corrected chi connectivity index (χ0v) is 30.7. The van der Waals surface area contributed by atoms with E-state index in [0.29, 0.717) is 5.82 Å². The van der Waals surface area contributed by atoms with E-state index in [4.69, 9.17) is 14.3 Å². The molecule has 47 heavy (non-hydrogen) atoms. The van der Waals surface area contributed by atoms with Crippen LogP contribution in [0.4, 0.5) is 10.6 Å². The van der Waals surface area contributed by atoms with Crippen molar-refractivity contribution in [3.63, 3.8) is 0 Å². The summed E-state index contributed by atoms with van der Waals surface area (Å²) in [7, 11) is -2.72. The van der Waals surface area contributed by atoms with Gasteiger partial charge in [0.15, 0.2) is 0 Å². The lowest BCUT2D eigenvalue weighted by Gasteiger charge is -2.44. The minimum atomic E-state index is -2.72. The first-order valence-corrected chi connectivity index (χ1v) is 19.2. The average molecular weight is 659 g/mol. The van der Waals surface area contributed by atoms with Gasteiger partial charge in [-0.05, 0) is 88.6 Å². The minimum Gasteiger partial charge on any atom is -0.446 e. The molecule has 2 N–H and O–H groups in total. The molecule has 9 heteroatoms. The molecule has 5 atom stereocenters. The van der Waals surface area contributed by atoms with Crippen LogP contribution in [-0.4, -0.2) is 48.3 Å². The number of amides is 2. The molecule has 2 aromatic carbocycles. The SMILES string of the molecule is CC(C)NC(=O)O[C@@H]1CC[C@H](c2cc(NC(=O)[C@H]3C[C@@H]3C(C)O[Si](c3ccccc3)(c3ccccc3)C(C)(C)C)n(C(C)(C)C)n2)C1. The van der Waals surface area contributed by atoms with Crippen LogP contribution in [-0.2, 0) is 19.5 Å². The second kappa shape index (κ2) is 13.6. The average Bonchev–Trinajstić information content (AvgIpc) is 3.49. The number of rotatable bonds is 10. The van der Waals surface area contributed by atoms with Gasteiger partial charge in [-0.3, -0.25) is 4.79 Å². The molecule has 254 valence electrons. The Kier molecular flexibility index (Phi) is 10.1. The van der Waals surface area contributed by atoms with E-state index in [1.165, 1.54) is 10.4 Å². The molecular weight excluding hydrogens is 605 g/mol. The number of aromatic nitrogens is 2. The monoisotopic (exact) mass is 658 g/mol. The van der Waals surface area contributed by atoms with E-state index in [0.717, 1.165) is 31.4 Å². The fourth-order valence-corrected chi connectivity index (χ4v) is 12.0. The zero-order chi connectivity index (χ0) is 34.1. The van der Waals surface area contributed by atoms with Gasteiger partial charge in [0, 0.05) is 30.0 Å². The number of hydrogen-bond acceptors (Lipinski definition) is 5. The van der Waals surface area contributed by atoms with E-state index >= 15 is 0 Å². The summed E-state index contributed by atoms with van der Waals surface area (Å²) in [6.45, 7) is 19.1. The predicted octanol–water partition coefficient (Wildman–Crippen LogP) is 6.95. The molecule has 0 radical (unpaired) electrons. The van der Waals surface area contributed by atoms with Crippen LogP contribution >= 0.6 is 0 Å². The lowest BCUT2D eigenvalue weighted by Crippen LogP contribution is -2.67. The van der Waals surface area contributed by atoms with Crippen LogP contribution in [0.25, 0.3) is 0 Å². The first kappa shape index (κ1) is 34.9. The van der Waals surface area contributed by atoms with Crippen LogP contribution in [0.3, 0.4) is 0 Å². The summed E-state index contributed by atoms with van der Waals surface area (Å²) < 4.78 is 14.9. The van der Waals surface area contributed by atoms with Gasteiger partial charge >= 0.3 is 6.09 Å². The van der Waals surface area contributed by atoms with Gasteiger partial charge < -0.3 is 19.8 Å². The van der Waals surface area contributed by atoms with Crippen LogP contribution < -0.4 is 21.0 Å². The highest BCUT2D eigenvalue weighted by molar-refractivity contribution is 6.99. The smallest absolute Gasteiger partial charge is 0.407 e. The summed E-state index contributed by atoms with van der Waals surface area (Å²) >= 11 is 0. The van der Waals surface area contributed by atoms with E-state index in [9.17, 15) is 9.59 Å². The molecule has 3 aromatic rings. The number of anilines is 1. The maximum absolute atomic E-state index is 13.8. The molecule has 1 unspecified atom stereocenters. The van der Waals surface area contributed by atoms with Crippen molar-refractivity contribution < 1.29 is 18.8 Å². The van der Waals surface area contributed by atoms with Gasteiger partial charge in [0.1, 0.15) is 11.9 Å². The van der Waals surface area contributed by atoms with Gasteiger partial charge in [-0.2, -0.15) is 5.10 Å². The zero-order valence-electron chi connectivity index (χ0n) is 29.7. The lowest BCUT2D eigenvalue weighted by atomic mass is 10.0. The second-order valence-corrected chi connectivity index (χ2v) is 20.1. The first-order valence-electron chi connectivity index (χ1n) is 17.3.